The van der Waals surface area contributed by atoms with Gasteiger partial charge < -0.3 is 9.64 Å². The summed E-state index contributed by atoms with van der Waals surface area (Å²) in [6.45, 7) is 7.37. The van der Waals surface area contributed by atoms with Gasteiger partial charge in [-0.15, -0.1) is 0 Å². The molecule has 2 aromatic heterocycles. The van der Waals surface area contributed by atoms with Crippen LogP contribution in [0.15, 0.2) is 78.0 Å². The lowest BCUT2D eigenvalue weighted by molar-refractivity contribution is 0.0690. The maximum atomic E-state index is 13.6. The summed E-state index contributed by atoms with van der Waals surface area (Å²) in [7, 11) is 0. The summed E-state index contributed by atoms with van der Waals surface area (Å²) in [5.74, 6) is 0.948. The maximum Gasteiger partial charge on any atom is 0.254 e. The second-order valence-electron chi connectivity index (χ2n) is 10.0. The molecule has 0 saturated carbocycles. The molecule has 4 heterocycles. The third-order valence-corrected chi connectivity index (χ3v) is 7.83. The fourth-order valence-corrected chi connectivity index (χ4v) is 5.85. The van der Waals surface area contributed by atoms with Gasteiger partial charge in [-0.1, -0.05) is 30.3 Å². The normalized spacial score (nSPS) is 17.6. The Kier molecular flexibility index (Phi) is 7.17. The van der Waals surface area contributed by atoms with Crippen molar-refractivity contribution in [3.05, 3.63) is 95.3 Å². The number of aryl methyl sites for hydroxylation is 2. The molecular formula is C30H30N6O2S. The Bertz CT molecular complexity index is 1480. The highest BCUT2D eigenvalue weighted by molar-refractivity contribution is 8.00. The summed E-state index contributed by atoms with van der Waals surface area (Å²) in [5.41, 5.74) is 5.93. The van der Waals surface area contributed by atoms with Crippen LogP contribution in [-0.4, -0.2) is 62.9 Å². The number of benzene rings is 2. The molecule has 39 heavy (non-hydrogen) atoms. The zero-order valence-corrected chi connectivity index (χ0v) is 22.8. The van der Waals surface area contributed by atoms with E-state index in [1.54, 1.807) is 6.20 Å². The fourth-order valence-electron chi connectivity index (χ4n) is 5.22. The molecule has 2 aliphatic rings. The van der Waals surface area contributed by atoms with Crippen molar-refractivity contribution in [1.29, 1.82) is 0 Å². The molecule has 1 saturated heterocycles. The van der Waals surface area contributed by atoms with Gasteiger partial charge in [-0.05, 0) is 66.8 Å². The van der Waals surface area contributed by atoms with Crippen molar-refractivity contribution < 1.29 is 9.53 Å². The number of pyridine rings is 1. The van der Waals surface area contributed by atoms with E-state index >= 15 is 0 Å². The van der Waals surface area contributed by atoms with E-state index < -0.39 is 0 Å². The minimum absolute atomic E-state index is 0.00235. The number of anilines is 1. The lowest BCUT2D eigenvalue weighted by Gasteiger charge is -2.25. The highest BCUT2D eigenvalue weighted by atomic mass is 32.2. The molecule has 4 aromatic rings. The van der Waals surface area contributed by atoms with Crippen LogP contribution >= 0.6 is 11.9 Å². The average molecular weight is 539 g/mol. The van der Waals surface area contributed by atoms with E-state index in [1.807, 2.05) is 47.5 Å². The number of ether oxygens (including phenoxy) is 1. The highest BCUT2D eigenvalue weighted by Crippen LogP contribution is 2.31. The SMILES string of the molecule is Cc1cccc(C)c1-c1cc2nc(n1)NSc1cccc(c1)C(=O)N1CCN(Cc3cccnc3)CC(C1)O2. The van der Waals surface area contributed by atoms with Gasteiger partial charge in [-0.3, -0.25) is 19.4 Å². The molecule has 1 N–H and O–H groups in total. The summed E-state index contributed by atoms with van der Waals surface area (Å²) < 4.78 is 9.87. The smallest absolute Gasteiger partial charge is 0.254 e. The van der Waals surface area contributed by atoms with Crippen LogP contribution in [0.5, 0.6) is 5.88 Å². The predicted molar refractivity (Wildman–Crippen MR) is 153 cm³/mol. The van der Waals surface area contributed by atoms with Crippen LogP contribution in [0.1, 0.15) is 27.0 Å². The Morgan fingerprint density at radius 1 is 1.00 bits per heavy atom. The van der Waals surface area contributed by atoms with Gasteiger partial charge in [0, 0.05) is 60.7 Å². The third-order valence-electron chi connectivity index (χ3n) is 7.06. The van der Waals surface area contributed by atoms with Crippen molar-refractivity contribution in [2.24, 2.45) is 0 Å². The molecule has 2 aliphatic heterocycles. The highest BCUT2D eigenvalue weighted by Gasteiger charge is 2.29. The van der Waals surface area contributed by atoms with Crippen LogP contribution in [0, 0.1) is 13.8 Å². The van der Waals surface area contributed by atoms with E-state index in [2.05, 4.69) is 52.7 Å². The van der Waals surface area contributed by atoms with Crippen molar-refractivity contribution in [3.8, 4) is 17.1 Å². The molecule has 8 nitrogen and oxygen atoms in total. The fraction of sp³-hybridized carbons (Fsp3) is 0.267. The van der Waals surface area contributed by atoms with Crippen molar-refractivity contribution in [2.45, 2.75) is 31.4 Å². The molecule has 6 rings (SSSR count). The maximum absolute atomic E-state index is 13.6. The minimum atomic E-state index is -0.279. The Labute approximate surface area is 232 Å². The summed E-state index contributed by atoms with van der Waals surface area (Å²) in [5, 5.41) is 0. The first-order valence-corrected chi connectivity index (χ1v) is 13.9. The van der Waals surface area contributed by atoms with Crippen molar-refractivity contribution in [3.63, 3.8) is 0 Å². The number of aromatic nitrogens is 3. The van der Waals surface area contributed by atoms with Crippen molar-refractivity contribution in [2.75, 3.05) is 30.9 Å². The average Bonchev–Trinajstić information content (AvgIpc) is 3.13. The molecule has 0 radical (unpaired) electrons. The number of rotatable bonds is 3. The van der Waals surface area contributed by atoms with Gasteiger partial charge in [0.05, 0.1) is 12.2 Å². The topological polar surface area (TPSA) is 83.5 Å². The number of nitrogens with zero attached hydrogens (tertiary/aromatic N) is 5. The first-order chi connectivity index (χ1) is 19.0. The first kappa shape index (κ1) is 25.3. The number of carbonyl (C=O) groups excluding carboxylic acids is 1. The van der Waals surface area contributed by atoms with Crippen LogP contribution in [0.3, 0.4) is 0 Å². The largest absolute Gasteiger partial charge is 0.471 e. The first-order valence-electron chi connectivity index (χ1n) is 13.1. The minimum Gasteiger partial charge on any atom is -0.471 e. The standard InChI is InChI=1S/C30H30N6O2S/c1-20-6-3-7-21(2)28(20)26-15-27-33-30(32-26)34-39-25-10-4-9-23(14-25)29(37)36-13-12-35(18-24(19-36)38-27)17-22-8-5-11-31-16-22/h3-11,14-16,24H,12-13,17-19H2,1-2H3,(H,32,33,34). The molecule has 6 bridgehead atoms. The van der Waals surface area contributed by atoms with Gasteiger partial charge in [-0.2, -0.15) is 4.98 Å². The van der Waals surface area contributed by atoms with E-state index in [0.717, 1.165) is 45.9 Å². The van der Waals surface area contributed by atoms with E-state index in [1.165, 1.54) is 11.9 Å². The zero-order chi connectivity index (χ0) is 26.8. The predicted octanol–water partition coefficient (Wildman–Crippen LogP) is 4.99. The summed E-state index contributed by atoms with van der Waals surface area (Å²) in [4.78, 5) is 32.6. The molecule has 1 atom stereocenters. The van der Waals surface area contributed by atoms with Crippen molar-refractivity contribution in [1.82, 2.24) is 24.8 Å². The van der Waals surface area contributed by atoms with Crippen LogP contribution in [0.4, 0.5) is 5.95 Å². The molecule has 198 valence electrons. The quantitative estimate of drug-likeness (QED) is 0.365. The molecule has 1 unspecified atom stereocenters. The second kappa shape index (κ2) is 11.0. The Morgan fingerprint density at radius 3 is 2.67 bits per heavy atom. The second-order valence-corrected chi connectivity index (χ2v) is 10.9. The zero-order valence-electron chi connectivity index (χ0n) is 22.0. The Hall–Kier alpha value is -3.95. The van der Waals surface area contributed by atoms with Gasteiger partial charge in [0.25, 0.3) is 5.91 Å². The molecule has 2 aromatic carbocycles. The van der Waals surface area contributed by atoms with Crippen molar-refractivity contribution >= 4 is 23.8 Å². The van der Waals surface area contributed by atoms with Gasteiger partial charge >= 0.3 is 0 Å². The molecule has 1 amide bonds. The lowest BCUT2D eigenvalue weighted by atomic mass is 10.00. The number of nitrogens with one attached hydrogen (secondary N) is 1. The molecular weight excluding hydrogens is 508 g/mol. The van der Waals surface area contributed by atoms with E-state index in [0.29, 0.717) is 37.0 Å². The summed E-state index contributed by atoms with van der Waals surface area (Å²) >= 11 is 1.38. The van der Waals surface area contributed by atoms with E-state index in [9.17, 15) is 4.79 Å². The van der Waals surface area contributed by atoms with Crippen LogP contribution in [0.25, 0.3) is 11.3 Å². The van der Waals surface area contributed by atoms with Crippen LogP contribution in [-0.2, 0) is 6.54 Å². The molecule has 0 aliphatic carbocycles. The molecule has 9 heteroatoms. The lowest BCUT2D eigenvalue weighted by Crippen LogP contribution is -2.40. The molecule has 1 fully saturated rings. The summed E-state index contributed by atoms with van der Waals surface area (Å²) in [6, 6.07) is 19.8. The van der Waals surface area contributed by atoms with Gasteiger partial charge in [0.2, 0.25) is 11.8 Å². The summed E-state index contributed by atoms with van der Waals surface area (Å²) in [6.07, 6.45) is 3.39. The Balaban J connectivity index is 1.40. The Morgan fingerprint density at radius 2 is 1.85 bits per heavy atom. The number of carbonyl (C=O) groups is 1. The number of hydrogen-bond acceptors (Lipinski definition) is 8. The van der Waals surface area contributed by atoms with Crippen LogP contribution in [0.2, 0.25) is 0 Å². The van der Waals surface area contributed by atoms with Crippen LogP contribution < -0.4 is 9.46 Å². The third kappa shape index (κ3) is 5.74. The number of fused-ring (bicyclic) bond motifs is 6. The van der Waals surface area contributed by atoms with Gasteiger partial charge in [0.15, 0.2) is 0 Å². The van der Waals surface area contributed by atoms with E-state index in [4.69, 9.17) is 14.7 Å². The number of amides is 1. The van der Waals surface area contributed by atoms with Gasteiger partial charge in [0.1, 0.15) is 6.10 Å². The van der Waals surface area contributed by atoms with E-state index in [-0.39, 0.29) is 12.0 Å². The molecule has 0 spiro atoms. The number of hydrogen-bond donors (Lipinski definition) is 1. The monoisotopic (exact) mass is 538 g/mol. The van der Waals surface area contributed by atoms with Gasteiger partial charge in [-0.25, -0.2) is 4.98 Å².